The van der Waals surface area contributed by atoms with Crippen LogP contribution < -0.4 is 5.32 Å². The minimum absolute atomic E-state index is 0.446. The van der Waals surface area contributed by atoms with Crippen LogP contribution in [0.2, 0.25) is 0 Å². The summed E-state index contributed by atoms with van der Waals surface area (Å²) in [5.41, 5.74) is 1.23. The molecule has 0 amide bonds. The summed E-state index contributed by atoms with van der Waals surface area (Å²) < 4.78 is 5.78. The lowest BCUT2D eigenvalue weighted by atomic mass is 10.1. The Morgan fingerprint density at radius 3 is 2.69 bits per heavy atom. The molecule has 2 rings (SSSR count). The summed E-state index contributed by atoms with van der Waals surface area (Å²) in [6, 6.07) is 10.3. The van der Waals surface area contributed by atoms with Gasteiger partial charge in [0.1, 0.15) is 0 Å². The van der Waals surface area contributed by atoms with E-state index < -0.39 is 0 Å². The lowest BCUT2D eigenvalue weighted by molar-refractivity contribution is 0.0518. The van der Waals surface area contributed by atoms with E-state index in [1.165, 1.54) is 5.56 Å². The van der Waals surface area contributed by atoms with Crippen molar-refractivity contribution in [2.75, 3.05) is 19.7 Å². The molecule has 16 heavy (non-hydrogen) atoms. The van der Waals surface area contributed by atoms with Crippen molar-refractivity contribution in [2.24, 2.45) is 0 Å². The molecule has 1 aromatic rings. The van der Waals surface area contributed by atoms with Crippen molar-refractivity contribution in [3.8, 4) is 0 Å². The molecule has 1 saturated heterocycles. The Kier molecular flexibility index (Phi) is 4.59. The quantitative estimate of drug-likeness (QED) is 0.836. The molecule has 1 heterocycles. The molecule has 0 saturated carbocycles. The minimum Gasteiger partial charge on any atom is -0.374 e. The first-order valence-electron chi connectivity index (χ1n) is 5.99. The highest BCUT2D eigenvalue weighted by Gasteiger charge is 2.11. The summed E-state index contributed by atoms with van der Waals surface area (Å²) in [7, 11) is 0. The van der Waals surface area contributed by atoms with E-state index in [9.17, 15) is 0 Å². The summed E-state index contributed by atoms with van der Waals surface area (Å²) in [4.78, 5) is 0. The highest BCUT2D eigenvalue weighted by molar-refractivity contribution is 5.48. The third-order valence-electron chi connectivity index (χ3n) is 2.82. The molecule has 1 fully saturated rings. The van der Waals surface area contributed by atoms with Crippen molar-refractivity contribution in [1.82, 2.24) is 5.32 Å². The maximum Gasteiger partial charge on any atom is 0.0654 e. The normalized spacial score (nSPS) is 18.0. The van der Waals surface area contributed by atoms with Gasteiger partial charge in [0.2, 0.25) is 0 Å². The standard InChI is InChI=1S/C14H19NO/c1-2-5-13(6-3-1)7-4-12-16-14-8-10-15-11-9-14/h1-7,14-15H,8-12H2. The predicted molar refractivity (Wildman–Crippen MR) is 67.3 cm³/mol. The van der Waals surface area contributed by atoms with Gasteiger partial charge in [-0.3, -0.25) is 0 Å². The zero-order valence-corrected chi connectivity index (χ0v) is 9.56. The van der Waals surface area contributed by atoms with E-state index in [0.717, 1.165) is 32.5 Å². The Morgan fingerprint density at radius 2 is 1.94 bits per heavy atom. The number of piperidine rings is 1. The maximum absolute atomic E-state index is 5.78. The zero-order chi connectivity index (χ0) is 11.1. The van der Waals surface area contributed by atoms with E-state index in [4.69, 9.17) is 4.74 Å². The zero-order valence-electron chi connectivity index (χ0n) is 9.56. The topological polar surface area (TPSA) is 21.3 Å². The molecule has 1 aliphatic rings. The van der Waals surface area contributed by atoms with E-state index in [0.29, 0.717) is 6.10 Å². The van der Waals surface area contributed by atoms with Gasteiger partial charge in [0.15, 0.2) is 0 Å². The highest BCUT2D eigenvalue weighted by Crippen LogP contribution is 2.07. The average Bonchev–Trinajstić information content (AvgIpc) is 2.37. The van der Waals surface area contributed by atoms with Crippen LogP contribution in [0.4, 0.5) is 0 Å². The first-order valence-corrected chi connectivity index (χ1v) is 5.99. The van der Waals surface area contributed by atoms with Crippen LogP contribution in [-0.4, -0.2) is 25.8 Å². The van der Waals surface area contributed by atoms with Crippen molar-refractivity contribution in [2.45, 2.75) is 18.9 Å². The smallest absolute Gasteiger partial charge is 0.0654 e. The Balaban J connectivity index is 1.69. The maximum atomic E-state index is 5.78. The molecule has 2 nitrogen and oxygen atoms in total. The first kappa shape index (κ1) is 11.4. The van der Waals surface area contributed by atoms with Gasteiger partial charge in [0, 0.05) is 0 Å². The average molecular weight is 217 g/mol. The van der Waals surface area contributed by atoms with Gasteiger partial charge in [0.05, 0.1) is 12.7 Å². The molecule has 1 aromatic carbocycles. The van der Waals surface area contributed by atoms with Gasteiger partial charge in [-0.2, -0.15) is 0 Å². The van der Waals surface area contributed by atoms with Crippen LogP contribution in [0.25, 0.3) is 6.08 Å². The van der Waals surface area contributed by atoms with Gasteiger partial charge >= 0.3 is 0 Å². The van der Waals surface area contributed by atoms with E-state index >= 15 is 0 Å². The van der Waals surface area contributed by atoms with E-state index in [-0.39, 0.29) is 0 Å². The predicted octanol–water partition coefficient (Wildman–Crippen LogP) is 2.47. The van der Waals surface area contributed by atoms with Gasteiger partial charge < -0.3 is 10.1 Å². The summed E-state index contributed by atoms with van der Waals surface area (Å²) in [6.45, 7) is 2.90. The van der Waals surface area contributed by atoms with Gasteiger partial charge in [0.25, 0.3) is 0 Å². The number of hydrogen-bond donors (Lipinski definition) is 1. The molecule has 0 aliphatic carbocycles. The van der Waals surface area contributed by atoms with Crippen molar-refractivity contribution >= 4 is 6.08 Å². The van der Waals surface area contributed by atoms with E-state index in [1.54, 1.807) is 0 Å². The minimum atomic E-state index is 0.446. The molecule has 0 radical (unpaired) electrons. The van der Waals surface area contributed by atoms with E-state index in [1.807, 2.05) is 18.2 Å². The number of rotatable bonds is 4. The summed E-state index contributed by atoms with van der Waals surface area (Å²) in [6.07, 6.45) is 6.93. The van der Waals surface area contributed by atoms with Crippen molar-refractivity contribution < 1.29 is 4.74 Å². The van der Waals surface area contributed by atoms with E-state index in [2.05, 4.69) is 29.6 Å². The monoisotopic (exact) mass is 217 g/mol. The second-order valence-electron chi connectivity index (χ2n) is 4.10. The van der Waals surface area contributed by atoms with Crippen LogP contribution in [-0.2, 0) is 4.74 Å². The fourth-order valence-electron chi connectivity index (χ4n) is 1.90. The Hall–Kier alpha value is -1.12. The fraction of sp³-hybridized carbons (Fsp3) is 0.429. The largest absolute Gasteiger partial charge is 0.374 e. The summed E-state index contributed by atoms with van der Waals surface area (Å²) in [5, 5.41) is 3.33. The Bertz CT molecular complexity index is 315. The Morgan fingerprint density at radius 1 is 1.19 bits per heavy atom. The SMILES string of the molecule is C(=Cc1ccccc1)COC1CCNCC1. The molecule has 0 unspecified atom stereocenters. The molecule has 0 spiro atoms. The second-order valence-corrected chi connectivity index (χ2v) is 4.10. The lowest BCUT2D eigenvalue weighted by Gasteiger charge is -2.22. The Labute approximate surface area is 97.3 Å². The molecule has 0 bridgehead atoms. The van der Waals surface area contributed by atoms with Crippen molar-refractivity contribution in [1.29, 1.82) is 0 Å². The number of benzene rings is 1. The first-order chi connectivity index (χ1) is 7.95. The number of nitrogens with one attached hydrogen (secondary N) is 1. The van der Waals surface area contributed by atoms with Crippen LogP contribution >= 0.6 is 0 Å². The highest BCUT2D eigenvalue weighted by atomic mass is 16.5. The third-order valence-corrected chi connectivity index (χ3v) is 2.82. The molecule has 0 aromatic heterocycles. The third kappa shape index (κ3) is 3.80. The molecule has 1 N–H and O–H groups in total. The number of ether oxygens (including phenoxy) is 1. The van der Waals surface area contributed by atoms with Crippen LogP contribution in [0.1, 0.15) is 18.4 Å². The summed E-state index contributed by atoms with van der Waals surface area (Å²) in [5.74, 6) is 0. The van der Waals surface area contributed by atoms with Gasteiger partial charge in [-0.05, 0) is 31.5 Å². The summed E-state index contributed by atoms with van der Waals surface area (Å²) >= 11 is 0. The molecule has 86 valence electrons. The fourth-order valence-corrected chi connectivity index (χ4v) is 1.90. The van der Waals surface area contributed by atoms with Crippen LogP contribution in [0.5, 0.6) is 0 Å². The van der Waals surface area contributed by atoms with Crippen LogP contribution in [0, 0.1) is 0 Å². The number of hydrogen-bond acceptors (Lipinski definition) is 2. The van der Waals surface area contributed by atoms with Crippen LogP contribution in [0.3, 0.4) is 0 Å². The van der Waals surface area contributed by atoms with Crippen molar-refractivity contribution in [3.63, 3.8) is 0 Å². The van der Waals surface area contributed by atoms with Crippen LogP contribution in [0.15, 0.2) is 36.4 Å². The van der Waals surface area contributed by atoms with Gasteiger partial charge in [-0.15, -0.1) is 0 Å². The lowest BCUT2D eigenvalue weighted by Crippen LogP contribution is -2.32. The molecular weight excluding hydrogens is 198 g/mol. The molecule has 1 aliphatic heterocycles. The van der Waals surface area contributed by atoms with Gasteiger partial charge in [-0.25, -0.2) is 0 Å². The molecule has 2 heteroatoms. The molecular formula is C14H19NO. The van der Waals surface area contributed by atoms with Crippen molar-refractivity contribution in [3.05, 3.63) is 42.0 Å². The van der Waals surface area contributed by atoms with Gasteiger partial charge in [-0.1, -0.05) is 42.5 Å². The second kappa shape index (κ2) is 6.46. The molecule has 0 atom stereocenters.